The molecule has 0 unspecified atom stereocenters. The van der Waals surface area contributed by atoms with Gasteiger partial charge in [-0.3, -0.25) is 4.79 Å². The quantitative estimate of drug-likeness (QED) is 0.760. The second kappa shape index (κ2) is 4.03. The Labute approximate surface area is 93.1 Å². The average Bonchev–Trinajstić information content (AvgIpc) is 2.62. The normalized spacial score (nSPS) is 10.5. The fourth-order valence-corrected chi connectivity index (χ4v) is 2.48. The van der Waals surface area contributed by atoms with Gasteiger partial charge >= 0.3 is 0 Å². The highest BCUT2D eigenvalue weighted by atomic mass is 32.1. The summed E-state index contributed by atoms with van der Waals surface area (Å²) in [6.45, 7) is 2.29. The van der Waals surface area contributed by atoms with Crippen LogP contribution in [-0.2, 0) is 11.3 Å². The molecule has 0 radical (unpaired) electrons. The standard InChI is InChI=1S/C12H13NOS/c1-9(14)13(2)7-10-8-15-12-6-4-3-5-11(10)12/h3-6,8H,7H2,1-2H3. The third kappa shape index (κ3) is 2.02. The van der Waals surface area contributed by atoms with Gasteiger partial charge in [-0.15, -0.1) is 11.3 Å². The molecule has 0 fully saturated rings. The third-order valence-electron chi connectivity index (χ3n) is 2.51. The molecule has 2 aromatic rings. The Morgan fingerprint density at radius 3 is 2.87 bits per heavy atom. The van der Waals surface area contributed by atoms with Crippen molar-refractivity contribution in [2.24, 2.45) is 0 Å². The van der Waals surface area contributed by atoms with Gasteiger partial charge in [-0.2, -0.15) is 0 Å². The predicted octanol–water partition coefficient (Wildman–Crippen LogP) is 2.88. The van der Waals surface area contributed by atoms with Crippen molar-refractivity contribution in [3.8, 4) is 0 Å². The summed E-state index contributed by atoms with van der Waals surface area (Å²) in [5.74, 6) is 0.102. The van der Waals surface area contributed by atoms with Crippen LogP contribution in [0.3, 0.4) is 0 Å². The molecule has 2 nitrogen and oxygen atoms in total. The molecule has 1 aromatic carbocycles. The highest BCUT2D eigenvalue weighted by Crippen LogP contribution is 2.26. The summed E-state index contributed by atoms with van der Waals surface area (Å²) in [6, 6.07) is 8.29. The molecular formula is C12H13NOS. The number of carbonyl (C=O) groups is 1. The average molecular weight is 219 g/mol. The summed E-state index contributed by atoms with van der Waals surface area (Å²) in [5, 5.41) is 3.39. The third-order valence-corrected chi connectivity index (χ3v) is 3.52. The van der Waals surface area contributed by atoms with Gasteiger partial charge < -0.3 is 4.90 Å². The molecular weight excluding hydrogens is 206 g/mol. The number of hydrogen-bond acceptors (Lipinski definition) is 2. The summed E-state index contributed by atoms with van der Waals surface area (Å²) in [4.78, 5) is 12.9. The van der Waals surface area contributed by atoms with Crippen LogP contribution in [0.1, 0.15) is 12.5 Å². The van der Waals surface area contributed by atoms with E-state index in [-0.39, 0.29) is 5.91 Å². The molecule has 0 aliphatic heterocycles. The maximum atomic E-state index is 11.1. The number of amides is 1. The van der Waals surface area contributed by atoms with Gasteiger partial charge in [0.25, 0.3) is 0 Å². The summed E-state index contributed by atoms with van der Waals surface area (Å²) >= 11 is 1.73. The molecule has 1 aromatic heterocycles. The molecule has 0 aliphatic rings. The van der Waals surface area contributed by atoms with Crippen LogP contribution in [-0.4, -0.2) is 17.9 Å². The molecule has 0 saturated carbocycles. The van der Waals surface area contributed by atoms with Gasteiger partial charge in [-0.1, -0.05) is 18.2 Å². The van der Waals surface area contributed by atoms with E-state index in [1.165, 1.54) is 15.6 Å². The van der Waals surface area contributed by atoms with E-state index in [0.29, 0.717) is 6.54 Å². The van der Waals surface area contributed by atoms with Crippen molar-refractivity contribution >= 4 is 27.3 Å². The van der Waals surface area contributed by atoms with E-state index in [1.54, 1.807) is 23.2 Å². The molecule has 15 heavy (non-hydrogen) atoms. The number of benzene rings is 1. The van der Waals surface area contributed by atoms with Crippen LogP contribution in [0.15, 0.2) is 29.6 Å². The minimum atomic E-state index is 0.102. The molecule has 0 atom stereocenters. The topological polar surface area (TPSA) is 20.3 Å². The molecule has 0 bridgehead atoms. The molecule has 0 aliphatic carbocycles. The molecule has 0 N–H and O–H groups in total. The molecule has 0 saturated heterocycles. The SMILES string of the molecule is CC(=O)N(C)Cc1csc2ccccc12. The zero-order valence-electron chi connectivity index (χ0n) is 8.86. The van der Waals surface area contributed by atoms with Crippen LogP contribution in [0.4, 0.5) is 0 Å². The van der Waals surface area contributed by atoms with Crippen molar-refractivity contribution in [3.05, 3.63) is 35.2 Å². The second-order valence-electron chi connectivity index (χ2n) is 3.63. The lowest BCUT2D eigenvalue weighted by atomic mass is 10.2. The molecule has 78 valence electrons. The van der Waals surface area contributed by atoms with Gasteiger partial charge in [0, 0.05) is 25.2 Å². The van der Waals surface area contributed by atoms with E-state index >= 15 is 0 Å². The molecule has 2 rings (SSSR count). The second-order valence-corrected chi connectivity index (χ2v) is 4.54. The van der Waals surface area contributed by atoms with Crippen molar-refractivity contribution in [1.82, 2.24) is 4.90 Å². The van der Waals surface area contributed by atoms with E-state index in [1.807, 2.05) is 19.2 Å². The maximum absolute atomic E-state index is 11.1. The lowest BCUT2D eigenvalue weighted by Crippen LogP contribution is -2.22. The van der Waals surface area contributed by atoms with E-state index < -0.39 is 0 Å². The smallest absolute Gasteiger partial charge is 0.219 e. The van der Waals surface area contributed by atoms with Gasteiger partial charge in [0.1, 0.15) is 0 Å². The maximum Gasteiger partial charge on any atom is 0.219 e. The van der Waals surface area contributed by atoms with Crippen LogP contribution in [0.25, 0.3) is 10.1 Å². The van der Waals surface area contributed by atoms with E-state index in [2.05, 4.69) is 17.5 Å². The van der Waals surface area contributed by atoms with Crippen LogP contribution in [0.2, 0.25) is 0 Å². The monoisotopic (exact) mass is 219 g/mol. The Kier molecular flexibility index (Phi) is 2.73. The summed E-state index contributed by atoms with van der Waals surface area (Å²) in [6.07, 6.45) is 0. The number of thiophene rings is 1. The first-order chi connectivity index (χ1) is 7.18. The molecule has 1 amide bonds. The van der Waals surface area contributed by atoms with E-state index in [9.17, 15) is 4.79 Å². The van der Waals surface area contributed by atoms with E-state index in [4.69, 9.17) is 0 Å². The Morgan fingerprint density at radius 1 is 1.40 bits per heavy atom. The fourth-order valence-electron chi connectivity index (χ4n) is 1.52. The zero-order chi connectivity index (χ0) is 10.8. The Hall–Kier alpha value is -1.35. The largest absolute Gasteiger partial charge is 0.342 e. The van der Waals surface area contributed by atoms with Gasteiger partial charge in [0.05, 0.1) is 0 Å². The van der Waals surface area contributed by atoms with E-state index in [0.717, 1.165) is 0 Å². The van der Waals surface area contributed by atoms with Crippen molar-refractivity contribution < 1.29 is 4.79 Å². The van der Waals surface area contributed by atoms with Gasteiger partial charge in [0.15, 0.2) is 0 Å². The Morgan fingerprint density at radius 2 is 2.13 bits per heavy atom. The summed E-state index contributed by atoms with van der Waals surface area (Å²) in [7, 11) is 1.83. The van der Waals surface area contributed by atoms with Crippen molar-refractivity contribution in [2.45, 2.75) is 13.5 Å². The zero-order valence-corrected chi connectivity index (χ0v) is 9.67. The lowest BCUT2D eigenvalue weighted by Gasteiger charge is -2.13. The minimum Gasteiger partial charge on any atom is -0.342 e. The predicted molar refractivity (Wildman–Crippen MR) is 64.0 cm³/mol. The van der Waals surface area contributed by atoms with Gasteiger partial charge in [-0.05, 0) is 22.4 Å². The number of fused-ring (bicyclic) bond motifs is 1. The van der Waals surface area contributed by atoms with Crippen molar-refractivity contribution in [1.29, 1.82) is 0 Å². The lowest BCUT2D eigenvalue weighted by molar-refractivity contribution is -0.128. The highest BCUT2D eigenvalue weighted by molar-refractivity contribution is 7.17. The van der Waals surface area contributed by atoms with Crippen LogP contribution in [0.5, 0.6) is 0 Å². The van der Waals surface area contributed by atoms with Crippen LogP contribution in [0, 0.1) is 0 Å². The minimum absolute atomic E-state index is 0.102. The molecule has 3 heteroatoms. The molecule has 0 spiro atoms. The Bertz CT molecular complexity index is 489. The summed E-state index contributed by atoms with van der Waals surface area (Å²) in [5.41, 5.74) is 1.23. The van der Waals surface area contributed by atoms with Gasteiger partial charge in [-0.25, -0.2) is 0 Å². The number of nitrogens with zero attached hydrogens (tertiary/aromatic N) is 1. The first-order valence-corrected chi connectivity index (χ1v) is 5.73. The molecule has 1 heterocycles. The van der Waals surface area contributed by atoms with Crippen molar-refractivity contribution in [3.63, 3.8) is 0 Å². The number of carbonyl (C=O) groups excluding carboxylic acids is 1. The van der Waals surface area contributed by atoms with Crippen molar-refractivity contribution in [2.75, 3.05) is 7.05 Å². The first-order valence-electron chi connectivity index (χ1n) is 4.85. The van der Waals surface area contributed by atoms with Gasteiger partial charge in [0.2, 0.25) is 5.91 Å². The van der Waals surface area contributed by atoms with Crippen LogP contribution < -0.4 is 0 Å². The fraction of sp³-hybridized carbons (Fsp3) is 0.250. The first kappa shape index (κ1) is 10.2. The Balaban J connectivity index is 2.32. The summed E-state index contributed by atoms with van der Waals surface area (Å²) < 4.78 is 1.28. The highest BCUT2D eigenvalue weighted by Gasteiger charge is 2.07. The number of hydrogen-bond donors (Lipinski definition) is 0. The van der Waals surface area contributed by atoms with Crippen LogP contribution >= 0.6 is 11.3 Å². The number of rotatable bonds is 2.